The third kappa shape index (κ3) is 2.80. The summed E-state index contributed by atoms with van der Waals surface area (Å²) in [4.78, 5) is 12.2. The molecule has 0 spiro atoms. The Labute approximate surface area is 144 Å². The Kier molecular flexibility index (Phi) is 4.03. The first-order valence-corrected chi connectivity index (χ1v) is 8.55. The molecule has 2 aromatic carbocycles. The van der Waals surface area contributed by atoms with E-state index in [4.69, 9.17) is 20.8 Å². The summed E-state index contributed by atoms with van der Waals surface area (Å²) >= 11 is 6.36. The predicted molar refractivity (Wildman–Crippen MR) is 94.9 cm³/mol. The fraction of sp³-hybridized carbons (Fsp3) is 0.250. The minimum Gasteiger partial charge on any atom is -0.489 e. The van der Waals surface area contributed by atoms with Crippen LogP contribution in [0.5, 0.6) is 5.75 Å². The Morgan fingerprint density at radius 3 is 2.58 bits per heavy atom. The van der Waals surface area contributed by atoms with Gasteiger partial charge >= 0.3 is 5.63 Å². The van der Waals surface area contributed by atoms with E-state index in [0.29, 0.717) is 17.2 Å². The molecule has 0 radical (unpaired) electrons. The van der Waals surface area contributed by atoms with Gasteiger partial charge in [-0.15, -0.1) is 0 Å². The molecule has 0 unspecified atom stereocenters. The predicted octanol–water partition coefficient (Wildman–Crippen LogP) is 4.90. The van der Waals surface area contributed by atoms with E-state index < -0.39 is 0 Å². The monoisotopic (exact) mass is 340 g/mol. The van der Waals surface area contributed by atoms with E-state index in [2.05, 4.69) is 0 Å². The van der Waals surface area contributed by atoms with Crippen LogP contribution in [0.2, 0.25) is 5.02 Å². The maximum absolute atomic E-state index is 12.2. The number of fused-ring (bicyclic) bond motifs is 3. The Bertz CT molecular complexity index is 944. The smallest absolute Gasteiger partial charge is 0.339 e. The maximum Gasteiger partial charge on any atom is 0.339 e. The standard InChI is InChI=1S/C20H17ClO3/c21-18-11-19-17(15-8-4-5-9-16(15)20(22)24-19)10-13(18)12-23-14-6-2-1-3-7-14/h1-3,6-7,10-11H,4-5,8-9,12H2. The van der Waals surface area contributed by atoms with Crippen molar-refractivity contribution < 1.29 is 9.15 Å². The van der Waals surface area contributed by atoms with E-state index in [9.17, 15) is 4.79 Å². The summed E-state index contributed by atoms with van der Waals surface area (Å²) in [5.41, 5.74) is 3.18. The molecule has 0 saturated heterocycles. The summed E-state index contributed by atoms with van der Waals surface area (Å²) in [6.07, 6.45) is 3.86. The molecule has 1 aliphatic rings. The molecule has 3 aromatic rings. The van der Waals surface area contributed by atoms with Crippen molar-refractivity contribution in [1.82, 2.24) is 0 Å². The lowest BCUT2D eigenvalue weighted by molar-refractivity contribution is 0.306. The molecule has 0 N–H and O–H groups in total. The Hall–Kier alpha value is -2.26. The fourth-order valence-electron chi connectivity index (χ4n) is 3.30. The average molecular weight is 341 g/mol. The van der Waals surface area contributed by atoms with Crippen molar-refractivity contribution in [3.8, 4) is 5.75 Å². The molecule has 4 heteroatoms. The second-order valence-electron chi connectivity index (χ2n) is 6.10. The third-order valence-electron chi connectivity index (χ3n) is 4.53. The summed E-state index contributed by atoms with van der Waals surface area (Å²) in [7, 11) is 0. The molecule has 3 nitrogen and oxygen atoms in total. The van der Waals surface area contributed by atoms with E-state index >= 15 is 0 Å². The lowest BCUT2D eigenvalue weighted by Crippen LogP contribution is -2.16. The van der Waals surface area contributed by atoms with Crippen molar-refractivity contribution in [3.63, 3.8) is 0 Å². The van der Waals surface area contributed by atoms with Crippen LogP contribution in [0.15, 0.2) is 51.7 Å². The highest BCUT2D eigenvalue weighted by molar-refractivity contribution is 6.32. The molecule has 0 bridgehead atoms. The van der Waals surface area contributed by atoms with Crippen molar-refractivity contribution in [3.05, 3.63) is 74.6 Å². The van der Waals surface area contributed by atoms with Gasteiger partial charge in [-0.3, -0.25) is 0 Å². The van der Waals surface area contributed by atoms with Crippen LogP contribution in [0.25, 0.3) is 11.0 Å². The first-order chi connectivity index (χ1) is 11.7. The van der Waals surface area contributed by atoms with Crippen LogP contribution >= 0.6 is 11.6 Å². The van der Waals surface area contributed by atoms with Crippen molar-refractivity contribution in [1.29, 1.82) is 0 Å². The number of para-hydroxylation sites is 1. The number of rotatable bonds is 3. The van der Waals surface area contributed by atoms with E-state index in [1.165, 1.54) is 0 Å². The molecule has 122 valence electrons. The van der Waals surface area contributed by atoms with Gasteiger partial charge in [0.15, 0.2) is 0 Å². The zero-order chi connectivity index (χ0) is 16.5. The second kappa shape index (κ2) is 6.33. The first-order valence-electron chi connectivity index (χ1n) is 8.17. The summed E-state index contributed by atoms with van der Waals surface area (Å²) in [5.74, 6) is 0.801. The Balaban J connectivity index is 1.75. The maximum atomic E-state index is 12.2. The van der Waals surface area contributed by atoms with Crippen LogP contribution in [0.1, 0.15) is 29.5 Å². The molecule has 1 aliphatic carbocycles. The zero-order valence-electron chi connectivity index (χ0n) is 13.2. The second-order valence-corrected chi connectivity index (χ2v) is 6.50. The quantitative estimate of drug-likeness (QED) is 0.636. The van der Waals surface area contributed by atoms with Gasteiger partial charge in [0, 0.05) is 22.6 Å². The van der Waals surface area contributed by atoms with Crippen LogP contribution in [0.4, 0.5) is 0 Å². The highest BCUT2D eigenvalue weighted by Crippen LogP contribution is 2.31. The molecule has 1 aromatic heterocycles. The average Bonchev–Trinajstić information content (AvgIpc) is 2.61. The van der Waals surface area contributed by atoms with Gasteiger partial charge in [-0.1, -0.05) is 29.8 Å². The van der Waals surface area contributed by atoms with Crippen LogP contribution in [0, 0.1) is 0 Å². The highest BCUT2D eigenvalue weighted by atomic mass is 35.5. The molecule has 24 heavy (non-hydrogen) atoms. The number of aryl methyl sites for hydroxylation is 1. The lowest BCUT2D eigenvalue weighted by Gasteiger charge is -2.17. The highest BCUT2D eigenvalue weighted by Gasteiger charge is 2.19. The number of halogens is 1. The first kappa shape index (κ1) is 15.3. The van der Waals surface area contributed by atoms with Gasteiger partial charge in [-0.2, -0.15) is 0 Å². The van der Waals surface area contributed by atoms with Crippen molar-refractivity contribution in [2.75, 3.05) is 0 Å². The topological polar surface area (TPSA) is 39.4 Å². The Morgan fingerprint density at radius 2 is 1.79 bits per heavy atom. The van der Waals surface area contributed by atoms with Gasteiger partial charge in [0.25, 0.3) is 0 Å². The fourth-order valence-corrected chi connectivity index (χ4v) is 3.51. The summed E-state index contributed by atoms with van der Waals surface area (Å²) in [5, 5.41) is 1.54. The molecule has 0 aliphatic heterocycles. The normalized spacial score (nSPS) is 13.7. The van der Waals surface area contributed by atoms with Crippen molar-refractivity contribution in [2.45, 2.75) is 32.3 Å². The number of hydrogen-bond donors (Lipinski definition) is 0. The SMILES string of the molecule is O=c1oc2cc(Cl)c(COc3ccccc3)cc2c2c1CCCC2. The van der Waals surface area contributed by atoms with Gasteiger partial charge < -0.3 is 9.15 Å². The van der Waals surface area contributed by atoms with E-state index in [0.717, 1.165) is 53.5 Å². The third-order valence-corrected chi connectivity index (χ3v) is 4.88. The van der Waals surface area contributed by atoms with Crippen LogP contribution < -0.4 is 10.4 Å². The Morgan fingerprint density at radius 1 is 1.04 bits per heavy atom. The molecule has 0 fully saturated rings. The van der Waals surface area contributed by atoms with Crippen LogP contribution in [0.3, 0.4) is 0 Å². The summed E-state index contributed by atoms with van der Waals surface area (Å²) < 4.78 is 11.3. The van der Waals surface area contributed by atoms with Gasteiger partial charge in [0.05, 0.1) is 5.02 Å². The number of ether oxygens (including phenoxy) is 1. The molecule has 1 heterocycles. The molecular weight excluding hydrogens is 324 g/mol. The van der Waals surface area contributed by atoms with Gasteiger partial charge in [-0.25, -0.2) is 4.79 Å². The largest absolute Gasteiger partial charge is 0.489 e. The molecule has 4 rings (SSSR count). The van der Waals surface area contributed by atoms with Crippen LogP contribution in [-0.2, 0) is 19.4 Å². The molecule has 0 amide bonds. The molecule has 0 saturated carbocycles. The minimum atomic E-state index is -0.221. The molecule has 0 atom stereocenters. The van der Waals surface area contributed by atoms with E-state index in [1.54, 1.807) is 6.07 Å². The number of hydrogen-bond acceptors (Lipinski definition) is 3. The summed E-state index contributed by atoms with van der Waals surface area (Å²) in [6, 6.07) is 13.4. The summed E-state index contributed by atoms with van der Waals surface area (Å²) in [6.45, 7) is 0.382. The van der Waals surface area contributed by atoms with Crippen molar-refractivity contribution in [2.24, 2.45) is 0 Å². The van der Waals surface area contributed by atoms with E-state index in [1.807, 2.05) is 36.4 Å². The van der Waals surface area contributed by atoms with Gasteiger partial charge in [0.2, 0.25) is 0 Å². The van der Waals surface area contributed by atoms with E-state index in [-0.39, 0.29) is 5.63 Å². The molecular formula is C20H17ClO3. The lowest BCUT2D eigenvalue weighted by atomic mass is 9.90. The minimum absolute atomic E-state index is 0.221. The van der Waals surface area contributed by atoms with Crippen molar-refractivity contribution >= 4 is 22.6 Å². The van der Waals surface area contributed by atoms with Gasteiger partial charge in [0.1, 0.15) is 17.9 Å². The van der Waals surface area contributed by atoms with Crippen LogP contribution in [-0.4, -0.2) is 0 Å². The zero-order valence-corrected chi connectivity index (χ0v) is 13.9. The number of benzene rings is 2. The van der Waals surface area contributed by atoms with Gasteiger partial charge in [-0.05, 0) is 49.4 Å².